The zero-order valence-electron chi connectivity index (χ0n) is 20.7. The van der Waals surface area contributed by atoms with Crippen molar-refractivity contribution < 1.29 is 22.7 Å². The van der Waals surface area contributed by atoms with Gasteiger partial charge in [0.1, 0.15) is 11.5 Å². The number of piperidine rings is 1. The van der Waals surface area contributed by atoms with Crippen molar-refractivity contribution in [2.45, 2.75) is 37.7 Å². The molecule has 35 heavy (non-hydrogen) atoms. The van der Waals surface area contributed by atoms with Gasteiger partial charge in [-0.2, -0.15) is 4.31 Å². The molecule has 2 atom stereocenters. The molecular formula is C26H35N3O5S. The van der Waals surface area contributed by atoms with Crippen molar-refractivity contribution in [3.05, 3.63) is 48.5 Å². The molecule has 1 amide bonds. The number of benzene rings is 2. The highest BCUT2D eigenvalue weighted by molar-refractivity contribution is 7.89. The molecule has 0 saturated carbocycles. The Morgan fingerprint density at radius 3 is 2.40 bits per heavy atom. The van der Waals surface area contributed by atoms with Crippen molar-refractivity contribution in [1.29, 1.82) is 0 Å². The van der Waals surface area contributed by atoms with E-state index in [9.17, 15) is 13.2 Å². The van der Waals surface area contributed by atoms with Gasteiger partial charge in [-0.05, 0) is 56.0 Å². The topological polar surface area (TPSA) is 79.4 Å². The summed E-state index contributed by atoms with van der Waals surface area (Å²) in [6.07, 6.45) is 1.35. The fourth-order valence-corrected chi connectivity index (χ4v) is 6.39. The van der Waals surface area contributed by atoms with E-state index in [1.165, 1.54) is 0 Å². The van der Waals surface area contributed by atoms with Crippen LogP contribution in [0.5, 0.6) is 11.5 Å². The molecule has 190 valence electrons. The summed E-state index contributed by atoms with van der Waals surface area (Å²) in [5.41, 5.74) is 0.735. The van der Waals surface area contributed by atoms with E-state index >= 15 is 0 Å². The molecule has 0 unspecified atom stereocenters. The lowest BCUT2D eigenvalue weighted by molar-refractivity contribution is -0.138. The first-order chi connectivity index (χ1) is 16.8. The van der Waals surface area contributed by atoms with Crippen molar-refractivity contribution in [2.24, 2.45) is 5.92 Å². The van der Waals surface area contributed by atoms with Gasteiger partial charge >= 0.3 is 0 Å². The number of piperazine rings is 1. The highest BCUT2D eigenvalue weighted by Gasteiger charge is 2.31. The molecule has 2 saturated heterocycles. The van der Waals surface area contributed by atoms with Gasteiger partial charge in [-0.25, -0.2) is 8.42 Å². The molecule has 0 N–H and O–H groups in total. The standard InChI is InChI=1S/C26H35N3O5S/c1-20-8-7-13-29(19-20)35(31,32)23-11-12-25(33-3)24(18-23)27-14-16-28(17-15-27)26(30)21(2)34-22-9-5-4-6-10-22/h4-6,9-12,18,20-21H,7-8,13-17,19H2,1-3H3/t20-,21-/m1/s1. The largest absolute Gasteiger partial charge is 0.495 e. The number of sulfonamides is 1. The Hall–Kier alpha value is -2.78. The van der Waals surface area contributed by atoms with Gasteiger partial charge in [0.15, 0.2) is 6.10 Å². The van der Waals surface area contributed by atoms with Crippen LogP contribution in [0.1, 0.15) is 26.7 Å². The summed E-state index contributed by atoms with van der Waals surface area (Å²) in [5.74, 6) is 1.58. The Balaban J connectivity index is 1.44. The van der Waals surface area contributed by atoms with Gasteiger partial charge in [0.05, 0.1) is 17.7 Å². The minimum Gasteiger partial charge on any atom is -0.495 e. The van der Waals surface area contributed by atoms with E-state index in [1.54, 1.807) is 41.4 Å². The molecule has 4 rings (SSSR count). The SMILES string of the molecule is COc1ccc(S(=O)(=O)N2CCC[C@@H](C)C2)cc1N1CCN(C(=O)[C@@H](C)Oc2ccccc2)CC1. The van der Waals surface area contributed by atoms with E-state index in [0.717, 1.165) is 18.5 Å². The van der Waals surface area contributed by atoms with E-state index in [1.807, 2.05) is 30.3 Å². The Labute approximate surface area is 208 Å². The van der Waals surface area contributed by atoms with Gasteiger partial charge in [0, 0.05) is 39.3 Å². The van der Waals surface area contributed by atoms with Crippen molar-refractivity contribution in [3.63, 3.8) is 0 Å². The fraction of sp³-hybridized carbons (Fsp3) is 0.500. The van der Waals surface area contributed by atoms with Crippen LogP contribution in [0.15, 0.2) is 53.4 Å². The predicted octanol–water partition coefficient (Wildman–Crippen LogP) is 3.23. The first-order valence-corrected chi connectivity index (χ1v) is 13.7. The van der Waals surface area contributed by atoms with Crippen LogP contribution in [0.2, 0.25) is 0 Å². The minimum absolute atomic E-state index is 0.0592. The highest BCUT2D eigenvalue weighted by atomic mass is 32.2. The third-order valence-corrected chi connectivity index (χ3v) is 8.60. The average Bonchev–Trinajstić information content (AvgIpc) is 2.88. The molecule has 2 heterocycles. The summed E-state index contributed by atoms with van der Waals surface area (Å²) in [5, 5.41) is 0. The van der Waals surface area contributed by atoms with Crippen LogP contribution >= 0.6 is 0 Å². The molecule has 2 fully saturated rings. The zero-order valence-corrected chi connectivity index (χ0v) is 21.5. The molecule has 9 heteroatoms. The second-order valence-electron chi connectivity index (χ2n) is 9.33. The number of hydrogen-bond acceptors (Lipinski definition) is 6. The van der Waals surface area contributed by atoms with Gasteiger partial charge < -0.3 is 19.3 Å². The lowest BCUT2D eigenvalue weighted by atomic mass is 10.0. The summed E-state index contributed by atoms with van der Waals surface area (Å²) < 4.78 is 39.6. The van der Waals surface area contributed by atoms with Crippen molar-refractivity contribution in [2.75, 3.05) is 51.3 Å². The number of hydrogen-bond donors (Lipinski definition) is 0. The van der Waals surface area contributed by atoms with Crippen LogP contribution in [-0.2, 0) is 14.8 Å². The van der Waals surface area contributed by atoms with E-state index in [-0.39, 0.29) is 10.8 Å². The Morgan fingerprint density at radius 2 is 1.74 bits per heavy atom. The smallest absolute Gasteiger partial charge is 0.263 e. The molecule has 0 spiro atoms. The summed E-state index contributed by atoms with van der Waals surface area (Å²) in [7, 11) is -1.99. The fourth-order valence-electron chi connectivity index (χ4n) is 4.77. The first kappa shape index (κ1) is 25.3. The highest BCUT2D eigenvalue weighted by Crippen LogP contribution is 2.33. The first-order valence-electron chi connectivity index (χ1n) is 12.2. The molecule has 0 aromatic heterocycles. The van der Waals surface area contributed by atoms with Crippen LogP contribution in [0.4, 0.5) is 5.69 Å². The van der Waals surface area contributed by atoms with Crippen LogP contribution in [0.25, 0.3) is 0 Å². The van der Waals surface area contributed by atoms with E-state index in [2.05, 4.69) is 11.8 Å². The molecule has 0 bridgehead atoms. The van der Waals surface area contributed by atoms with E-state index in [4.69, 9.17) is 9.47 Å². The quantitative estimate of drug-likeness (QED) is 0.580. The number of carbonyl (C=O) groups excluding carboxylic acids is 1. The number of nitrogens with zero attached hydrogens (tertiary/aromatic N) is 3. The van der Waals surface area contributed by atoms with Crippen molar-refractivity contribution >= 4 is 21.6 Å². The Morgan fingerprint density at radius 1 is 1.03 bits per heavy atom. The zero-order chi connectivity index (χ0) is 25.0. The molecule has 2 aromatic rings. The predicted molar refractivity (Wildman–Crippen MR) is 135 cm³/mol. The number of para-hydroxylation sites is 1. The van der Waals surface area contributed by atoms with Crippen molar-refractivity contribution in [3.8, 4) is 11.5 Å². The summed E-state index contributed by atoms with van der Waals surface area (Å²) >= 11 is 0. The number of rotatable bonds is 7. The van der Waals surface area contributed by atoms with E-state index in [0.29, 0.717) is 56.7 Å². The molecule has 8 nitrogen and oxygen atoms in total. The number of methoxy groups -OCH3 is 1. The van der Waals surface area contributed by atoms with Crippen molar-refractivity contribution in [1.82, 2.24) is 9.21 Å². The van der Waals surface area contributed by atoms with E-state index < -0.39 is 16.1 Å². The van der Waals surface area contributed by atoms with Crippen LogP contribution in [0.3, 0.4) is 0 Å². The third kappa shape index (κ3) is 5.73. The lowest BCUT2D eigenvalue weighted by Crippen LogP contribution is -2.52. The maximum absolute atomic E-state index is 13.3. The van der Waals surface area contributed by atoms with Gasteiger partial charge in [-0.15, -0.1) is 0 Å². The normalized spacial score (nSPS) is 20.4. The number of anilines is 1. The summed E-state index contributed by atoms with van der Waals surface area (Å²) in [4.78, 5) is 17.1. The molecule has 2 aliphatic rings. The molecular weight excluding hydrogens is 466 g/mol. The number of ether oxygens (including phenoxy) is 2. The van der Waals surface area contributed by atoms with Gasteiger partial charge in [0.25, 0.3) is 5.91 Å². The molecule has 2 aliphatic heterocycles. The van der Waals surface area contributed by atoms with Gasteiger partial charge in [0.2, 0.25) is 10.0 Å². The van der Waals surface area contributed by atoms with Crippen LogP contribution in [-0.4, -0.2) is 76.0 Å². The summed E-state index contributed by atoms with van der Waals surface area (Å²) in [6, 6.07) is 14.4. The maximum atomic E-state index is 13.3. The molecule has 2 aromatic carbocycles. The number of carbonyl (C=O) groups is 1. The maximum Gasteiger partial charge on any atom is 0.263 e. The van der Waals surface area contributed by atoms with Crippen LogP contribution in [0, 0.1) is 5.92 Å². The van der Waals surface area contributed by atoms with Gasteiger partial charge in [-0.3, -0.25) is 4.79 Å². The van der Waals surface area contributed by atoms with Gasteiger partial charge in [-0.1, -0.05) is 25.1 Å². The summed E-state index contributed by atoms with van der Waals surface area (Å²) in [6.45, 7) is 7.14. The second-order valence-corrected chi connectivity index (χ2v) is 11.3. The third-order valence-electron chi connectivity index (χ3n) is 6.74. The average molecular weight is 502 g/mol. The minimum atomic E-state index is -3.58. The Kier molecular flexibility index (Phi) is 7.86. The monoisotopic (exact) mass is 501 g/mol. The molecule has 0 radical (unpaired) electrons. The lowest BCUT2D eigenvalue weighted by Gasteiger charge is -2.37. The Bertz CT molecular complexity index is 1120. The molecule has 0 aliphatic carbocycles. The second kappa shape index (κ2) is 10.9. The number of amides is 1. The van der Waals surface area contributed by atoms with Crippen LogP contribution < -0.4 is 14.4 Å².